The molecule has 0 spiro atoms. The molecule has 26 heavy (non-hydrogen) atoms. The minimum absolute atomic E-state index is 0.245. The average molecular weight is 367 g/mol. The van der Waals surface area contributed by atoms with Crippen LogP contribution < -0.4 is 5.32 Å². The summed E-state index contributed by atoms with van der Waals surface area (Å²) in [7, 11) is 0. The van der Waals surface area contributed by atoms with Crippen LogP contribution in [0, 0.1) is 5.82 Å². The van der Waals surface area contributed by atoms with Gasteiger partial charge in [-0.15, -0.1) is 10.2 Å². The van der Waals surface area contributed by atoms with Crippen LogP contribution in [-0.4, -0.2) is 20.9 Å². The molecule has 7 heteroatoms. The monoisotopic (exact) mass is 366 g/mol. The minimum Gasteiger partial charge on any atom is -0.322 e. The summed E-state index contributed by atoms with van der Waals surface area (Å²) in [5, 5.41) is 12.2. The maximum Gasteiger partial charge on any atom is 0.255 e. The largest absolute Gasteiger partial charge is 0.322 e. The lowest BCUT2D eigenvalue weighted by Gasteiger charge is -2.04. The lowest BCUT2D eigenvalue weighted by Crippen LogP contribution is -2.11. The number of anilines is 1. The van der Waals surface area contributed by atoms with Crippen molar-refractivity contribution >= 4 is 34.2 Å². The van der Waals surface area contributed by atoms with Crippen molar-refractivity contribution in [2.45, 2.75) is 0 Å². The molecule has 0 fully saturated rings. The van der Waals surface area contributed by atoms with Crippen molar-refractivity contribution in [3.8, 4) is 5.69 Å². The van der Waals surface area contributed by atoms with Gasteiger partial charge in [-0.1, -0.05) is 17.7 Å². The lowest BCUT2D eigenvalue weighted by atomic mass is 10.2. The normalized spacial score (nSPS) is 10.8. The highest BCUT2D eigenvalue weighted by atomic mass is 35.5. The molecular weight excluding hydrogens is 355 g/mol. The van der Waals surface area contributed by atoms with Crippen LogP contribution in [0.15, 0.2) is 66.7 Å². The first-order valence-electron chi connectivity index (χ1n) is 7.78. The van der Waals surface area contributed by atoms with E-state index in [4.69, 9.17) is 11.6 Å². The molecule has 0 atom stereocenters. The number of carbonyl (C=O) groups excluding carboxylic acids is 1. The Bertz CT molecular complexity index is 1110. The SMILES string of the molecule is O=C(Nc1ccc2nn(-c3ccc(Cl)cc3)nc2c1)c1cccc(F)c1. The molecule has 0 aliphatic heterocycles. The summed E-state index contributed by atoms with van der Waals surface area (Å²) < 4.78 is 13.3. The van der Waals surface area contributed by atoms with Crippen LogP contribution in [0.4, 0.5) is 10.1 Å². The van der Waals surface area contributed by atoms with Crippen LogP contribution in [-0.2, 0) is 0 Å². The molecule has 1 amide bonds. The molecule has 1 aromatic heterocycles. The maximum atomic E-state index is 13.3. The zero-order chi connectivity index (χ0) is 18.1. The summed E-state index contributed by atoms with van der Waals surface area (Å²) in [5.41, 5.74) is 2.88. The van der Waals surface area contributed by atoms with Gasteiger partial charge in [-0.25, -0.2) is 4.39 Å². The van der Waals surface area contributed by atoms with Gasteiger partial charge >= 0.3 is 0 Å². The zero-order valence-electron chi connectivity index (χ0n) is 13.4. The second-order valence-electron chi connectivity index (χ2n) is 5.63. The molecule has 128 valence electrons. The van der Waals surface area contributed by atoms with E-state index in [1.807, 2.05) is 12.1 Å². The fourth-order valence-corrected chi connectivity index (χ4v) is 2.64. The van der Waals surface area contributed by atoms with E-state index in [1.165, 1.54) is 23.0 Å². The average Bonchev–Trinajstić information content (AvgIpc) is 3.05. The van der Waals surface area contributed by atoms with Crippen molar-refractivity contribution in [3.05, 3.63) is 83.1 Å². The number of hydrogen-bond donors (Lipinski definition) is 1. The predicted molar refractivity (Wildman–Crippen MR) is 98.2 cm³/mol. The van der Waals surface area contributed by atoms with Gasteiger partial charge in [0.15, 0.2) is 0 Å². The Hall–Kier alpha value is -3.25. The Balaban J connectivity index is 1.61. The smallest absolute Gasteiger partial charge is 0.255 e. The maximum absolute atomic E-state index is 13.3. The number of rotatable bonds is 3. The Kier molecular flexibility index (Phi) is 4.10. The van der Waals surface area contributed by atoms with E-state index in [0.29, 0.717) is 21.7 Å². The number of fused-ring (bicyclic) bond motifs is 1. The fourth-order valence-electron chi connectivity index (χ4n) is 2.52. The summed E-state index contributed by atoms with van der Waals surface area (Å²) in [6, 6.07) is 17.9. The number of halogens is 2. The molecule has 0 saturated carbocycles. The van der Waals surface area contributed by atoms with Crippen molar-refractivity contribution in [1.29, 1.82) is 0 Å². The molecule has 5 nitrogen and oxygen atoms in total. The summed E-state index contributed by atoms with van der Waals surface area (Å²) in [6.07, 6.45) is 0. The van der Waals surface area contributed by atoms with Crippen LogP contribution in [0.3, 0.4) is 0 Å². The number of benzene rings is 3. The molecule has 0 aliphatic rings. The number of amides is 1. The lowest BCUT2D eigenvalue weighted by molar-refractivity contribution is 0.102. The predicted octanol–water partition coefficient (Wildman–Crippen LogP) is 4.47. The molecule has 4 aromatic rings. The highest BCUT2D eigenvalue weighted by Crippen LogP contribution is 2.19. The van der Waals surface area contributed by atoms with Crippen molar-refractivity contribution in [2.24, 2.45) is 0 Å². The Morgan fingerprint density at radius 1 is 0.962 bits per heavy atom. The third-order valence-corrected chi connectivity index (χ3v) is 4.03. The summed E-state index contributed by atoms with van der Waals surface area (Å²) in [5.74, 6) is -0.854. The first kappa shape index (κ1) is 16.2. The quantitative estimate of drug-likeness (QED) is 0.582. The fraction of sp³-hybridized carbons (Fsp3) is 0. The Labute approximate surface area is 153 Å². The Morgan fingerprint density at radius 2 is 1.73 bits per heavy atom. The third kappa shape index (κ3) is 3.27. The molecular formula is C19H12ClFN4O. The zero-order valence-corrected chi connectivity index (χ0v) is 14.1. The van der Waals surface area contributed by atoms with E-state index in [0.717, 1.165) is 5.69 Å². The molecule has 1 heterocycles. The van der Waals surface area contributed by atoms with Crippen molar-refractivity contribution < 1.29 is 9.18 Å². The molecule has 0 saturated heterocycles. The van der Waals surface area contributed by atoms with Crippen LogP contribution in [0.5, 0.6) is 0 Å². The van der Waals surface area contributed by atoms with Gasteiger partial charge in [0.1, 0.15) is 16.9 Å². The standard InChI is InChI=1S/C19H12ClFN4O/c20-13-4-7-16(8-5-13)25-23-17-9-6-15(11-18(17)24-25)22-19(26)12-2-1-3-14(21)10-12/h1-11H,(H,22,26). The molecule has 1 N–H and O–H groups in total. The van der Waals surface area contributed by atoms with Gasteiger partial charge in [-0.2, -0.15) is 4.80 Å². The van der Waals surface area contributed by atoms with E-state index < -0.39 is 11.7 Å². The number of hydrogen-bond acceptors (Lipinski definition) is 3. The van der Waals surface area contributed by atoms with Crippen molar-refractivity contribution in [3.63, 3.8) is 0 Å². The van der Waals surface area contributed by atoms with Crippen molar-refractivity contribution in [1.82, 2.24) is 15.0 Å². The highest BCUT2D eigenvalue weighted by Gasteiger charge is 2.10. The Morgan fingerprint density at radius 3 is 2.50 bits per heavy atom. The molecule has 0 bridgehead atoms. The van der Waals surface area contributed by atoms with E-state index in [2.05, 4.69) is 15.5 Å². The number of carbonyl (C=O) groups is 1. The second-order valence-corrected chi connectivity index (χ2v) is 6.07. The van der Waals surface area contributed by atoms with E-state index in [1.54, 1.807) is 36.4 Å². The molecule has 0 radical (unpaired) electrons. The van der Waals surface area contributed by atoms with E-state index in [9.17, 15) is 9.18 Å². The van der Waals surface area contributed by atoms with Gasteiger partial charge in [0.05, 0.1) is 5.69 Å². The highest BCUT2D eigenvalue weighted by molar-refractivity contribution is 6.30. The van der Waals surface area contributed by atoms with E-state index >= 15 is 0 Å². The van der Waals surface area contributed by atoms with Gasteiger partial charge in [0, 0.05) is 16.3 Å². The molecule has 3 aromatic carbocycles. The van der Waals surface area contributed by atoms with Crippen LogP contribution >= 0.6 is 11.6 Å². The van der Waals surface area contributed by atoms with Gasteiger partial charge < -0.3 is 5.32 Å². The van der Waals surface area contributed by atoms with Crippen molar-refractivity contribution in [2.75, 3.05) is 5.32 Å². The molecule has 0 aliphatic carbocycles. The third-order valence-electron chi connectivity index (χ3n) is 3.78. The minimum atomic E-state index is -0.459. The summed E-state index contributed by atoms with van der Waals surface area (Å²) in [4.78, 5) is 13.7. The number of nitrogens with zero attached hydrogens (tertiary/aromatic N) is 3. The topological polar surface area (TPSA) is 59.8 Å². The van der Waals surface area contributed by atoms with Gasteiger partial charge in [-0.3, -0.25) is 4.79 Å². The number of aromatic nitrogens is 3. The summed E-state index contributed by atoms with van der Waals surface area (Å²) in [6.45, 7) is 0. The van der Waals surface area contributed by atoms with Gasteiger partial charge in [0.25, 0.3) is 5.91 Å². The summed E-state index contributed by atoms with van der Waals surface area (Å²) >= 11 is 5.89. The molecule has 0 unspecified atom stereocenters. The first-order chi connectivity index (χ1) is 12.6. The molecule has 4 rings (SSSR count). The van der Waals surface area contributed by atoms with Crippen LogP contribution in [0.1, 0.15) is 10.4 Å². The van der Waals surface area contributed by atoms with Crippen LogP contribution in [0.25, 0.3) is 16.7 Å². The number of nitrogens with one attached hydrogen (secondary N) is 1. The van der Waals surface area contributed by atoms with E-state index in [-0.39, 0.29) is 5.56 Å². The van der Waals surface area contributed by atoms with Gasteiger partial charge in [-0.05, 0) is 60.7 Å². The van der Waals surface area contributed by atoms with Gasteiger partial charge in [0.2, 0.25) is 0 Å². The van der Waals surface area contributed by atoms with Crippen LogP contribution in [0.2, 0.25) is 5.02 Å². The second kappa shape index (κ2) is 6.57. The first-order valence-corrected chi connectivity index (χ1v) is 8.16.